The van der Waals surface area contributed by atoms with Gasteiger partial charge in [-0.2, -0.15) is 0 Å². The molecule has 2 saturated heterocycles. The Morgan fingerprint density at radius 3 is 1.88 bits per heavy atom. The predicted octanol–water partition coefficient (Wildman–Crippen LogP) is 3.33. The zero-order chi connectivity index (χ0) is 23.7. The number of nitrogens with zero attached hydrogens (tertiary/aromatic N) is 2. The van der Waals surface area contributed by atoms with Gasteiger partial charge in [0, 0.05) is 0 Å². The van der Waals surface area contributed by atoms with Gasteiger partial charge in [0.25, 0.3) is 0 Å². The van der Waals surface area contributed by atoms with E-state index in [0.29, 0.717) is 0 Å². The fourth-order valence-corrected chi connectivity index (χ4v) is 7.46. The van der Waals surface area contributed by atoms with Crippen molar-refractivity contribution in [3.8, 4) is 0 Å². The summed E-state index contributed by atoms with van der Waals surface area (Å²) < 4.78 is 0. The molecule has 2 aliphatic heterocycles. The summed E-state index contributed by atoms with van der Waals surface area (Å²) in [5.41, 5.74) is 1.69. The molecule has 176 valence electrons. The maximum atomic E-state index is 13.2. The van der Waals surface area contributed by atoms with Gasteiger partial charge in [0.15, 0.2) is 0 Å². The van der Waals surface area contributed by atoms with Crippen molar-refractivity contribution in [2.45, 2.75) is 39.8 Å². The lowest BCUT2D eigenvalue weighted by Crippen LogP contribution is -2.33. The minimum Gasteiger partial charge on any atom is -0.278 e. The van der Waals surface area contributed by atoms with Gasteiger partial charge in [0.05, 0.1) is 36.8 Å². The summed E-state index contributed by atoms with van der Waals surface area (Å²) in [7, 11) is 0. The average Bonchev–Trinajstić information content (AvgIpc) is 3.60. The third-order valence-corrected chi connectivity index (χ3v) is 8.88. The minimum absolute atomic E-state index is 0.0565. The average molecular weight is 459 g/mol. The maximum Gasteiger partial charge on any atom is 0.234 e. The number of imide groups is 2. The van der Waals surface area contributed by atoms with Crippen molar-refractivity contribution in [3.05, 3.63) is 59.7 Å². The number of carbonyl (C=O) groups is 4. The molecule has 34 heavy (non-hydrogen) atoms. The molecule has 1 aromatic rings. The molecule has 3 aliphatic carbocycles. The standard InChI is InChI=1S/C28H30N2O4/c1-3-5-18-10-15(2)21-22(18)26(32)29(25(21)31)13-16-6-4-7-17(11-16)14-30-27(33)23-19-8-9-20(12-19)24(23)28(30)34/h3-9,11,15,18-24H,10,12-14H2,1-2H3/b5-3-. The van der Waals surface area contributed by atoms with Crippen LogP contribution in [-0.2, 0) is 32.3 Å². The Morgan fingerprint density at radius 1 is 0.794 bits per heavy atom. The van der Waals surface area contributed by atoms with Crippen LogP contribution in [0.1, 0.15) is 37.8 Å². The lowest BCUT2D eigenvalue weighted by atomic mass is 9.85. The number of carbonyl (C=O) groups excluding carboxylic acids is 4. The smallest absolute Gasteiger partial charge is 0.234 e. The molecule has 5 aliphatic rings. The summed E-state index contributed by atoms with van der Waals surface area (Å²) in [5, 5.41) is 0. The van der Waals surface area contributed by atoms with Crippen LogP contribution in [0.25, 0.3) is 0 Å². The second-order valence-electron chi connectivity index (χ2n) is 10.8. The van der Waals surface area contributed by atoms with Crippen LogP contribution in [0.2, 0.25) is 0 Å². The summed E-state index contributed by atoms with van der Waals surface area (Å²) in [6.45, 7) is 4.49. The van der Waals surface area contributed by atoms with E-state index in [9.17, 15) is 19.2 Å². The van der Waals surface area contributed by atoms with Crippen LogP contribution in [0, 0.1) is 47.3 Å². The number of allylic oxidation sites excluding steroid dienone is 4. The van der Waals surface area contributed by atoms with E-state index in [1.807, 2.05) is 37.3 Å². The fourth-order valence-electron chi connectivity index (χ4n) is 7.46. The van der Waals surface area contributed by atoms with E-state index in [0.717, 1.165) is 24.0 Å². The summed E-state index contributed by atoms with van der Waals surface area (Å²) in [5.74, 6) is -0.442. The normalized spacial score (nSPS) is 38.2. The summed E-state index contributed by atoms with van der Waals surface area (Å²) in [6.07, 6.45) is 10.0. The number of hydrogen-bond donors (Lipinski definition) is 0. The molecule has 2 saturated carbocycles. The van der Waals surface area contributed by atoms with E-state index in [1.165, 1.54) is 9.80 Å². The van der Waals surface area contributed by atoms with E-state index in [-0.39, 0.29) is 84.1 Å². The number of benzene rings is 1. The second kappa shape index (κ2) is 7.76. The van der Waals surface area contributed by atoms with E-state index in [1.54, 1.807) is 0 Å². The second-order valence-corrected chi connectivity index (χ2v) is 10.8. The molecule has 6 rings (SSSR count). The molecule has 0 spiro atoms. The molecule has 8 unspecified atom stereocenters. The number of amides is 4. The first-order chi connectivity index (χ1) is 16.4. The van der Waals surface area contributed by atoms with E-state index in [4.69, 9.17) is 0 Å². The molecule has 4 amide bonds. The van der Waals surface area contributed by atoms with Crippen LogP contribution in [0.4, 0.5) is 0 Å². The van der Waals surface area contributed by atoms with Crippen LogP contribution in [0.3, 0.4) is 0 Å². The van der Waals surface area contributed by atoms with Crippen LogP contribution < -0.4 is 0 Å². The molecule has 2 bridgehead atoms. The Bertz CT molecular complexity index is 1120. The molecule has 2 heterocycles. The molecular formula is C28H30N2O4. The van der Waals surface area contributed by atoms with E-state index >= 15 is 0 Å². The Hall–Kier alpha value is -3.02. The van der Waals surface area contributed by atoms with Crippen LogP contribution in [-0.4, -0.2) is 33.4 Å². The SMILES string of the molecule is C/C=C\C1CC(C)C2C(=O)N(Cc3cccc(CN4C(=O)C5C6C=CC(C6)C5C4=O)c3)C(=O)C12. The Labute approximate surface area is 199 Å². The Kier molecular flexibility index (Phi) is 4.91. The van der Waals surface area contributed by atoms with Gasteiger partial charge >= 0.3 is 0 Å². The van der Waals surface area contributed by atoms with Gasteiger partial charge in [0.1, 0.15) is 0 Å². The number of likely N-dealkylation sites (tertiary alicyclic amines) is 2. The van der Waals surface area contributed by atoms with Crippen molar-refractivity contribution >= 4 is 23.6 Å². The van der Waals surface area contributed by atoms with Gasteiger partial charge < -0.3 is 0 Å². The van der Waals surface area contributed by atoms with Crippen molar-refractivity contribution < 1.29 is 19.2 Å². The minimum atomic E-state index is -0.259. The largest absolute Gasteiger partial charge is 0.278 e. The van der Waals surface area contributed by atoms with Crippen molar-refractivity contribution in [1.82, 2.24) is 9.80 Å². The number of hydrogen-bond acceptors (Lipinski definition) is 4. The first-order valence-corrected chi connectivity index (χ1v) is 12.5. The highest BCUT2D eigenvalue weighted by atomic mass is 16.2. The lowest BCUT2D eigenvalue weighted by molar-refractivity contribution is -0.143. The van der Waals surface area contributed by atoms with Gasteiger partial charge in [-0.15, -0.1) is 0 Å². The maximum absolute atomic E-state index is 13.2. The highest BCUT2D eigenvalue weighted by Crippen LogP contribution is 2.53. The number of rotatable bonds is 5. The van der Waals surface area contributed by atoms with Gasteiger partial charge in [-0.25, -0.2) is 0 Å². The van der Waals surface area contributed by atoms with Crippen LogP contribution in [0.5, 0.6) is 0 Å². The summed E-state index contributed by atoms with van der Waals surface area (Å²) in [6, 6.07) is 7.59. The van der Waals surface area contributed by atoms with Crippen LogP contribution >= 0.6 is 0 Å². The zero-order valence-electron chi connectivity index (χ0n) is 19.6. The molecule has 0 aromatic heterocycles. The van der Waals surface area contributed by atoms with Gasteiger partial charge in [0.2, 0.25) is 23.6 Å². The predicted molar refractivity (Wildman–Crippen MR) is 124 cm³/mol. The van der Waals surface area contributed by atoms with Gasteiger partial charge in [-0.05, 0) is 54.6 Å². The molecule has 0 N–H and O–H groups in total. The highest BCUT2D eigenvalue weighted by Gasteiger charge is 2.59. The molecule has 8 atom stereocenters. The third-order valence-electron chi connectivity index (χ3n) is 8.88. The fraction of sp³-hybridized carbons (Fsp3) is 0.500. The topological polar surface area (TPSA) is 74.8 Å². The summed E-state index contributed by atoms with van der Waals surface area (Å²) >= 11 is 0. The van der Waals surface area contributed by atoms with E-state index < -0.39 is 0 Å². The van der Waals surface area contributed by atoms with Crippen LogP contribution in [0.15, 0.2) is 48.6 Å². The molecule has 0 radical (unpaired) electrons. The van der Waals surface area contributed by atoms with Crippen molar-refractivity contribution in [1.29, 1.82) is 0 Å². The van der Waals surface area contributed by atoms with Gasteiger partial charge in [-0.3, -0.25) is 29.0 Å². The lowest BCUT2D eigenvalue weighted by Gasteiger charge is -2.20. The monoisotopic (exact) mass is 458 g/mol. The quantitative estimate of drug-likeness (QED) is 0.501. The Balaban J connectivity index is 1.18. The molecule has 6 heteroatoms. The first kappa shape index (κ1) is 21.5. The van der Waals surface area contributed by atoms with Crippen molar-refractivity contribution in [3.63, 3.8) is 0 Å². The molecule has 6 nitrogen and oxygen atoms in total. The molecular weight excluding hydrogens is 428 g/mol. The molecule has 4 fully saturated rings. The number of fused-ring (bicyclic) bond motifs is 6. The first-order valence-electron chi connectivity index (χ1n) is 12.5. The third kappa shape index (κ3) is 3.00. The highest BCUT2D eigenvalue weighted by molar-refractivity contribution is 6.07. The van der Waals surface area contributed by atoms with Gasteiger partial charge in [-0.1, -0.05) is 55.5 Å². The molecule has 1 aromatic carbocycles. The van der Waals surface area contributed by atoms with Crippen molar-refractivity contribution in [2.75, 3.05) is 0 Å². The Morgan fingerprint density at radius 2 is 1.32 bits per heavy atom. The summed E-state index contributed by atoms with van der Waals surface area (Å²) in [4.78, 5) is 55.3. The van der Waals surface area contributed by atoms with E-state index in [2.05, 4.69) is 25.2 Å². The van der Waals surface area contributed by atoms with Crippen molar-refractivity contribution in [2.24, 2.45) is 47.3 Å². The zero-order valence-corrected chi connectivity index (χ0v) is 19.6.